The number of nitrogens with one attached hydrogen (secondary N) is 2. The normalized spacial score (nSPS) is 27.2. The summed E-state index contributed by atoms with van der Waals surface area (Å²) in [5.41, 5.74) is 1.26. The fraction of sp³-hybridized carbons (Fsp3) is 0.462. The fourth-order valence-electron chi connectivity index (χ4n) is 2.49. The highest BCUT2D eigenvalue weighted by molar-refractivity contribution is 6.30. The van der Waals surface area contributed by atoms with Crippen molar-refractivity contribution in [3.63, 3.8) is 0 Å². The van der Waals surface area contributed by atoms with E-state index in [-0.39, 0.29) is 0 Å². The molecule has 1 aromatic rings. The molecule has 90 valence electrons. The van der Waals surface area contributed by atoms with Crippen molar-refractivity contribution in [1.82, 2.24) is 10.6 Å². The summed E-state index contributed by atoms with van der Waals surface area (Å²) in [5, 5.41) is 7.69. The number of benzene rings is 1. The van der Waals surface area contributed by atoms with Crippen LogP contribution in [0.4, 0.5) is 0 Å². The Morgan fingerprint density at radius 1 is 1.29 bits per heavy atom. The van der Waals surface area contributed by atoms with Crippen LogP contribution in [-0.2, 0) is 6.42 Å². The smallest absolute Gasteiger partial charge is 0.101 e. The molecule has 2 aliphatic heterocycles. The molecule has 0 spiro atoms. The predicted molar refractivity (Wildman–Crippen MR) is 70.8 cm³/mol. The second-order valence-electron chi connectivity index (χ2n) is 4.69. The van der Waals surface area contributed by atoms with Crippen LogP contribution in [0.1, 0.15) is 12.0 Å². The minimum atomic E-state index is 0.471. The molecule has 1 aromatic carbocycles. The molecule has 0 amide bonds. The number of halogens is 1. The van der Waals surface area contributed by atoms with Crippen LogP contribution in [0.25, 0.3) is 0 Å². The fourth-order valence-corrected chi connectivity index (χ4v) is 2.62. The zero-order valence-electron chi connectivity index (χ0n) is 9.62. The van der Waals surface area contributed by atoms with Crippen LogP contribution < -0.4 is 10.6 Å². The van der Waals surface area contributed by atoms with Crippen LogP contribution in [-0.4, -0.2) is 31.0 Å². The Kier molecular flexibility index (Phi) is 3.04. The van der Waals surface area contributed by atoms with Gasteiger partial charge in [-0.05, 0) is 30.7 Å². The molecule has 2 aliphatic rings. The van der Waals surface area contributed by atoms with E-state index < -0.39 is 0 Å². The lowest BCUT2D eigenvalue weighted by molar-refractivity contribution is 0.402. The van der Waals surface area contributed by atoms with Crippen LogP contribution in [0.2, 0.25) is 5.02 Å². The monoisotopic (exact) mass is 249 g/mol. The Morgan fingerprint density at radius 2 is 2.12 bits per heavy atom. The molecular weight excluding hydrogens is 234 g/mol. The standard InChI is InChI=1S/C13H16ClN3/c14-10-3-1-9(2-4-10)7-13-16-11-5-6-15-8-12(11)17-13/h1-4,11-12,15H,5-8H2,(H,16,17). The third-order valence-corrected chi connectivity index (χ3v) is 3.66. The van der Waals surface area contributed by atoms with Gasteiger partial charge in [-0.2, -0.15) is 0 Å². The van der Waals surface area contributed by atoms with Crippen molar-refractivity contribution in [1.29, 1.82) is 0 Å². The van der Waals surface area contributed by atoms with Gasteiger partial charge in [-0.15, -0.1) is 0 Å². The lowest BCUT2D eigenvalue weighted by Crippen LogP contribution is -2.48. The third kappa shape index (κ3) is 2.45. The summed E-state index contributed by atoms with van der Waals surface area (Å²) in [6.45, 7) is 2.11. The van der Waals surface area contributed by atoms with Crippen molar-refractivity contribution in [2.75, 3.05) is 13.1 Å². The molecule has 2 N–H and O–H groups in total. The molecule has 2 atom stereocenters. The summed E-state index contributed by atoms with van der Waals surface area (Å²) in [7, 11) is 0. The Bertz CT molecular complexity index is 427. The van der Waals surface area contributed by atoms with Gasteiger partial charge < -0.3 is 10.6 Å². The molecule has 0 saturated carbocycles. The van der Waals surface area contributed by atoms with Gasteiger partial charge >= 0.3 is 0 Å². The first-order valence-corrected chi connectivity index (χ1v) is 6.47. The largest absolute Gasteiger partial charge is 0.367 e. The van der Waals surface area contributed by atoms with E-state index in [0.29, 0.717) is 12.1 Å². The average molecular weight is 250 g/mol. The van der Waals surface area contributed by atoms with E-state index in [1.54, 1.807) is 0 Å². The minimum absolute atomic E-state index is 0.471. The average Bonchev–Trinajstić information content (AvgIpc) is 2.74. The Balaban J connectivity index is 1.68. The van der Waals surface area contributed by atoms with Gasteiger partial charge in [-0.1, -0.05) is 23.7 Å². The van der Waals surface area contributed by atoms with E-state index in [9.17, 15) is 0 Å². The highest BCUT2D eigenvalue weighted by atomic mass is 35.5. The maximum atomic E-state index is 5.87. The van der Waals surface area contributed by atoms with Crippen molar-refractivity contribution in [2.24, 2.45) is 4.99 Å². The molecule has 1 saturated heterocycles. The number of aliphatic imine (C=N–C) groups is 1. The quantitative estimate of drug-likeness (QED) is 0.836. The van der Waals surface area contributed by atoms with Gasteiger partial charge in [0.2, 0.25) is 0 Å². The van der Waals surface area contributed by atoms with Gasteiger partial charge in [-0.3, -0.25) is 4.99 Å². The van der Waals surface area contributed by atoms with Gasteiger partial charge in [0.1, 0.15) is 5.84 Å². The molecular formula is C13H16ClN3. The number of amidine groups is 1. The van der Waals surface area contributed by atoms with E-state index in [1.807, 2.05) is 12.1 Å². The lowest BCUT2D eigenvalue weighted by atomic mass is 10.0. The van der Waals surface area contributed by atoms with Crippen LogP contribution in [0.5, 0.6) is 0 Å². The Labute approximate surface area is 106 Å². The summed E-state index contributed by atoms with van der Waals surface area (Å²) in [4.78, 5) is 4.76. The van der Waals surface area contributed by atoms with E-state index in [1.165, 1.54) is 5.56 Å². The van der Waals surface area contributed by atoms with E-state index >= 15 is 0 Å². The molecule has 3 nitrogen and oxygen atoms in total. The second-order valence-corrected chi connectivity index (χ2v) is 5.13. The molecule has 1 fully saturated rings. The highest BCUT2D eigenvalue weighted by Crippen LogP contribution is 2.16. The first-order chi connectivity index (χ1) is 8.31. The second kappa shape index (κ2) is 4.67. The maximum absolute atomic E-state index is 5.87. The number of nitrogens with zero attached hydrogens (tertiary/aromatic N) is 1. The van der Waals surface area contributed by atoms with E-state index in [2.05, 4.69) is 22.8 Å². The first kappa shape index (κ1) is 11.1. The molecule has 17 heavy (non-hydrogen) atoms. The number of fused-ring (bicyclic) bond motifs is 1. The SMILES string of the molecule is Clc1ccc(CC2=NC3CCNCC3N2)cc1. The Hall–Kier alpha value is -1.06. The van der Waals surface area contributed by atoms with E-state index in [4.69, 9.17) is 16.6 Å². The molecule has 3 rings (SSSR count). The number of rotatable bonds is 2. The topological polar surface area (TPSA) is 36.4 Å². The Morgan fingerprint density at radius 3 is 2.88 bits per heavy atom. The van der Waals surface area contributed by atoms with Crippen molar-refractivity contribution in [3.05, 3.63) is 34.9 Å². The summed E-state index contributed by atoms with van der Waals surface area (Å²) < 4.78 is 0. The third-order valence-electron chi connectivity index (χ3n) is 3.40. The molecule has 4 heteroatoms. The summed E-state index contributed by atoms with van der Waals surface area (Å²) >= 11 is 5.87. The molecule has 0 aliphatic carbocycles. The van der Waals surface area contributed by atoms with Crippen molar-refractivity contribution in [2.45, 2.75) is 24.9 Å². The number of piperidine rings is 1. The molecule has 0 aromatic heterocycles. The molecule has 0 radical (unpaired) electrons. The summed E-state index contributed by atoms with van der Waals surface area (Å²) in [5.74, 6) is 1.12. The van der Waals surface area contributed by atoms with Gasteiger partial charge in [0.05, 0.1) is 12.1 Å². The highest BCUT2D eigenvalue weighted by Gasteiger charge is 2.30. The number of hydrogen-bond acceptors (Lipinski definition) is 3. The predicted octanol–water partition coefficient (Wildman–Crippen LogP) is 1.61. The summed E-state index contributed by atoms with van der Waals surface area (Å²) in [6.07, 6.45) is 2.02. The molecule has 0 bridgehead atoms. The minimum Gasteiger partial charge on any atom is -0.367 e. The van der Waals surface area contributed by atoms with Gasteiger partial charge in [0, 0.05) is 18.0 Å². The first-order valence-electron chi connectivity index (χ1n) is 6.09. The van der Waals surface area contributed by atoms with Crippen molar-refractivity contribution < 1.29 is 0 Å². The van der Waals surface area contributed by atoms with Crippen molar-refractivity contribution in [3.8, 4) is 0 Å². The van der Waals surface area contributed by atoms with Crippen LogP contribution >= 0.6 is 11.6 Å². The van der Waals surface area contributed by atoms with E-state index in [0.717, 1.165) is 36.8 Å². The van der Waals surface area contributed by atoms with Gasteiger partial charge in [-0.25, -0.2) is 0 Å². The van der Waals surface area contributed by atoms with Crippen LogP contribution in [0.3, 0.4) is 0 Å². The van der Waals surface area contributed by atoms with Crippen LogP contribution in [0.15, 0.2) is 29.3 Å². The van der Waals surface area contributed by atoms with Gasteiger partial charge in [0.15, 0.2) is 0 Å². The lowest BCUT2D eigenvalue weighted by Gasteiger charge is -2.24. The zero-order valence-corrected chi connectivity index (χ0v) is 10.4. The van der Waals surface area contributed by atoms with Crippen molar-refractivity contribution >= 4 is 17.4 Å². The van der Waals surface area contributed by atoms with Gasteiger partial charge in [0.25, 0.3) is 0 Å². The maximum Gasteiger partial charge on any atom is 0.101 e. The molecule has 2 unspecified atom stereocenters. The van der Waals surface area contributed by atoms with Crippen LogP contribution in [0, 0.1) is 0 Å². The molecule has 2 heterocycles. The zero-order chi connectivity index (χ0) is 11.7. The number of hydrogen-bond donors (Lipinski definition) is 2. The summed E-state index contributed by atoms with van der Waals surface area (Å²) in [6, 6.07) is 8.95.